The Kier molecular flexibility index (Phi) is 8.64. The molecule has 0 saturated carbocycles. The van der Waals surface area contributed by atoms with Crippen LogP contribution in [0, 0.1) is 11.6 Å². The number of para-hydroxylation sites is 1. The molecular weight excluding hydrogens is 458 g/mol. The summed E-state index contributed by atoms with van der Waals surface area (Å²) in [6.45, 7) is 11.1. The molecule has 192 valence electrons. The minimum absolute atomic E-state index is 0.0380. The highest BCUT2D eigenvalue weighted by atomic mass is 19.2. The summed E-state index contributed by atoms with van der Waals surface area (Å²) in [5.41, 5.74) is 2.10. The molecule has 1 fully saturated rings. The fraction of sp³-hybridized carbons (Fsp3) is 0.448. The molecule has 36 heavy (non-hydrogen) atoms. The van der Waals surface area contributed by atoms with Crippen LogP contribution in [-0.2, 0) is 0 Å². The van der Waals surface area contributed by atoms with E-state index in [1.807, 2.05) is 29.2 Å². The molecule has 0 spiro atoms. The predicted molar refractivity (Wildman–Crippen MR) is 141 cm³/mol. The molecule has 5 nitrogen and oxygen atoms in total. The number of nitrogens with zero attached hydrogens (tertiary/aromatic N) is 3. The zero-order chi connectivity index (χ0) is 25.7. The number of rotatable bonds is 10. The van der Waals surface area contributed by atoms with Crippen LogP contribution >= 0.6 is 0 Å². The quantitative estimate of drug-likeness (QED) is 0.405. The molecule has 2 atom stereocenters. The van der Waals surface area contributed by atoms with Gasteiger partial charge >= 0.3 is 0 Å². The fourth-order valence-electron chi connectivity index (χ4n) is 5.27. The first-order valence-corrected chi connectivity index (χ1v) is 13.1. The number of hydrogen-bond donors (Lipinski definition) is 1. The molecule has 1 aromatic heterocycles. The molecule has 1 unspecified atom stereocenters. The van der Waals surface area contributed by atoms with Crippen LogP contribution in [0.15, 0.2) is 48.5 Å². The Labute approximate surface area is 212 Å². The van der Waals surface area contributed by atoms with Gasteiger partial charge in [-0.3, -0.25) is 4.79 Å². The van der Waals surface area contributed by atoms with Crippen LogP contribution in [0.2, 0.25) is 0 Å². The molecule has 0 radical (unpaired) electrons. The average molecular weight is 495 g/mol. The molecule has 1 saturated heterocycles. The van der Waals surface area contributed by atoms with E-state index in [1.54, 1.807) is 6.07 Å². The van der Waals surface area contributed by atoms with Crippen LogP contribution in [-0.4, -0.2) is 65.5 Å². The second-order valence-corrected chi connectivity index (χ2v) is 9.40. The van der Waals surface area contributed by atoms with E-state index in [9.17, 15) is 13.6 Å². The lowest BCUT2D eigenvalue weighted by Crippen LogP contribution is -2.50. The van der Waals surface area contributed by atoms with E-state index < -0.39 is 11.6 Å². The number of benzene rings is 2. The van der Waals surface area contributed by atoms with Crippen LogP contribution < -0.4 is 5.32 Å². The molecule has 0 bridgehead atoms. The Hall–Kier alpha value is -2.90. The molecule has 3 aromatic rings. The van der Waals surface area contributed by atoms with Gasteiger partial charge in [-0.15, -0.1) is 0 Å². The Bertz CT molecular complexity index is 1200. The zero-order valence-corrected chi connectivity index (χ0v) is 21.4. The van der Waals surface area contributed by atoms with E-state index in [0.29, 0.717) is 28.9 Å². The summed E-state index contributed by atoms with van der Waals surface area (Å²) in [5.74, 6) is -1.88. The maximum absolute atomic E-state index is 14.0. The van der Waals surface area contributed by atoms with Crippen LogP contribution in [0.3, 0.4) is 0 Å². The van der Waals surface area contributed by atoms with Crippen molar-refractivity contribution in [2.75, 3.05) is 32.7 Å². The van der Waals surface area contributed by atoms with Crippen LogP contribution in [0.4, 0.5) is 8.78 Å². The molecule has 7 heteroatoms. The van der Waals surface area contributed by atoms with Crippen LogP contribution in [0.25, 0.3) is 22.2 Å². The zero-order valence-electron chi connectivity index (χ0n) is 21.4. The minimum atomic E-state index is -0.934. The van der Waals surface area contributed by atoms with Crippen molar-refractivity contribution >= 4 is 16.8 Å². The number of halogens is 2. The number of nitrogens with one attached hydrogen (secondary N) is 1. The highest BCUT2D eigenvalue weighted by molar-refractivity contribution is 6.07. The number of amides is 1. The second kappa shape index (κ2) is 11.9. The van der Waals surface area contributed by atoms with Crippen LogP contribution in [0.1, 0.15) is 50.4 Å². The van der Waals surface area contributed by atoms with Gasteiger partial charge in [0, 0.05) is 42.7 Å². The van der Waals surface area contributed by atoms with Crippen molar-refractivity contribution in [1.82, 2.24) is 20.1 Å². The highest BCUT2D eigenvalue weighted by Gasteiger charge is 2.35. The van der Waals surface area contributed by atoms with Gasteiger partial charge in [0.25, 0.3) is 5.91 Å². The number of carbonyl (C=O) groups is 1. The first kappa shape index (κ1) is 26.2. The largest absolute Gasteiger partial charge is 0.334 e. The molecule has 1 aliphatic heterocycles. The van der Waals surface area contributed by atoms with Crippen LogP contribution in [0.5, 0.6) is 0 Å². The van der Waals surface area contributed by atoms with Gasteiger partial charge in [-0.25, -0.2) is 13.8 Å². The van der Waals surface area contributed by atoms with Crippen molar-refractivity contribution in [2.45, 2.75) is 52.1 Å². The summed E-state index contributed by atoms with van der Waals surface area (Å²) in [4.78, 5) is 23.0. The van der Waals surface area contributed by atoms with Crippen molar-refractivity contribution in [3.63, 3.8) is 0 Å². The van der Waals surface area contributed by atoms with Crippen molar-refractivity contribution < 1.29 is 13.6 Å². The van der Waals surface area contributed by atoms with E-state index in [2.05, 4.69) is 36.0 Å². The topological polar surface area (TPSA) is 48.5 Å². The van der Waals surface area contributed by atoms with Crippen molar-refractivity contribution in [3.05, 3.63) is 65.7 Å². The maximum Gasteiger partial charge on any atom is 0.254 e. The van der Waals surface area contributed by atoms with E-state index in [4.69, 9.17) is 0 Å². The smallest absolute Gasteiger partial charge is 0.254 e. The molecule has 1 aliphatic rings. The molecule has 1 amide bonds. The Morgan fingerprint density at radius 2 is 1.89 bits per heavy atom. The number of aromatic nitrogens is 1. The summed E-state index contributed by atoms with van der Waals surface area (Å²) >= 11 is 0. The van der Waals surface area contributed by atoms with Crippen molar-refractivity contribution in [3.8, 4) is 11.3 Å². The van der Waals surface area contributed by atoms with Gasteiger partial charge in [0.2, 0.25) is 0 Å². The number of carbonyl (C=O) groups excluding carboxylic acids is 1. The average Bonchev–Trinajstić information content (AvgIpc) is 3.39. The van der Waals surface area contributed by atoms with E-state index in [0.717, 1.165) is 63.0 Å². The lowest BCUT2D eigenvalue weighted by molar-refractivity contribution is 0.0704. The van der Waals surface area contributed by atoms with Crippen molar-refractivity contribution in [2.24, 2.45) is 0 Å². The second-order valence-electron chi connectivity index (χ2n) is 9.40. The number of pyridine rings is 1. The number of likely N-dealkylation sites (N-methyl/N-ethyl adjacent to an activating group) is 1. The first-order valence-electron chi connectivity index (χ1n) is 13.1. The number of fused-ring (bicyclic) bond motifs is 1. The molecule has 1 N–H and O–H groups in total. The minimum Gasteiger partial charge on any atom is -0.334 e. The maximum atomic E-state index is 14.0. The highest BCUT2D eigenvalue weighted by Crippen LogP contribution is 2.30. The Morgan fingerprint density at radius 3 is 2.61 bits per heavy atom. The number of likely N-dealkylation sites (tertiary alicyclic amines) is 1. The lowest BCUT2D eigenvalue weighted by atomic mass is 10.00. The van der Waals surface area contributed by atoms with Gasteiger partial charge in [-0.05, 0) is 62.7 Å². The monoisotopic (exact) mass is 494 g/mol. The Morgan fingerprint density at radius 1 is 1.11 bits per heavy atom. The summed E-state index contributed by atoms with van der Waals surface area (Å²) in [6, 6.07) is 13.3. The molecule has 0 aliphatic carbocycles. The summed E-state index contributed by atoms with van der Waals surface area (Å²) in [6.07, 6.45) is 2.86. The standard InChI is InChI=1S/C29H36F2N4O/c1-4-25(32-15-17-34(5-2)6-3)28-12-9-16-35(28)29(36)22-19-27(20-13-14-23(30)24(31)18-20)33-26-11-8-7-10-21(22)26/h7-8,10-11,13-14,18-19,25,28,32H,4-6,9,12,15-17H2,1-3H3/t25?,28-/m1/s1. The normalized spacial score (nSPS) is 16.7. The van der Waals surface area contributed by atoms with Gasteiger partial charge in [0.05, 0.1) is 16.8 Å². The third-order valence-electron chi connectivity index (χ3n) is 7.36. The molecule has 2 heterocycles. The molecule has 4 rings (SSSR count). The number of hydrogen-bond acceptors (Lipinski definition) is 4. The summed E-state index contributed by atoms with van der Waals surface area (Å²) < 4.78 is 27.5. The lowest BCUT2D eigenvalue weighted by Gasteiger charge is -2.33. The Balaban J connectivity index is 1.63. The van der Waals surface area contributed by atoms with Gasteiger partial charge < -0.3 is 15.1 Å². The first-order chi connectivity index (χ1) is 17.5. The van der Waals surface area contributed by atoms with Gasteiger partial charge in [-0.1, -0.05) is 39.0 Å². The molecular formula is C29H36F2N4O. The predicted octanol–water partition coefficient (Wildman–Crippen LogP) is 5.49. The van der Waals surface area contributed by atoms with Crippen molar-refractivity contribution in [1.29, 1.82) is 0 Å². The summed E-state index contributed by atoms with van der Waals surface area (Å²) in [7, 11) is 0. The van der Waals surface area contributed by atoms with Gasteiger partial charge in [-0.2, -0.15) is 0 Å². The SMILES string of the molecule is CCC(NCCN(CC)CC)[C@H]1CCCN1C(=O)c1cc(-c2ccc(F)c(F)c2)nc2ccccc12. The van der Waals surface area contributed by atoms with Gasteiger partial charge in [0.1, 0.15) is 0 Å². The van der Waals surface area contributed by atoms with E-state index >= 15 is 0 Å². The van der Waals surface area contributed by atoms with E-state index in [1.165, 1.54) is 6.07 Å². The molecule has 2 aromatic carbocycles. The third-order valence-corrected chi connectivity index (χ3v) is 7.36. The fourth-order valence-corrected chi connectivity index (χ4v) is 5.27. The summed E-state index contributed by atoms with van der Waals surface area (Å²) in [5, 5.41) is 4.47. The third kappa shape index (κ3) is 5.57. The van der Waals surface area contributed by atoms with E-state index in [-0.39, 0.29) is 18.0 Å². The van der Waals surface area contributed by atoms with Gasteiger partial charge in [0.15, 0.2) is 11.6 Å².